The lowest BCUT2D eigenvalue weighted by Crippen LogP contribution is -2.04. The summed E-state index contributed by atoms with van der Waals surface area (Å²) in [6.07, 6.45) is 0. The first-order valence-corrected chi connectivity index (χ1v) is 11.5. The maximum atomic E-state index is 12.5. The molecular weight excluding hydrogens is 414 g/mol. The summed E-state index contributed by atoms with van der Waals surface area (Å²) in [6, 6.07) is 19.0. The van der Waals surface area contributed by atoms with Crippen molar-refractivity contribution in [1.82, 2.24) is 14.8 Å². The highest BCUT2D eigenvalue weighted by Gasteiger charge is 2.18. The van der Waals surface area contributed by atoms with Gasteiger partial charge in [-0.15, -0.1) is 10.2 Å². The highest BCUT2D eigenvalue weighted by molar-refractivity contribution is 7.99. The molecule has 5 nitrogen and oxygen atoms in total. The van der Waals surface area contributed by atoms with Gasteiger partial charge in [-0.25, -0.2) is 0 Å². The molecule has 0 saturated heterocycles. The topological polar surface area (TPSA) is 57.0 Å². The van der Waals surface area contributed by atoms with Gasteiger partial charge in [0.1, 0.15) is 5.75 Å². The van der Waals surface area contributed by atoms with Gasteiger partial charge in [0.25, 0.3) is 0 Å². The highest BCUT2D eigenvalue weighted by Crippen LogP contribution is 2.30. The number of Topliss-reactive ketones (excluding diaryl/α,β-unsaturated/α-hetero) is 1. The van der Waals surface area contributed by atoms with E-state index in [-0.39, 0.29) is 5.78 Å². The molecule has 0 fully saturated rings. The van der Waals surface area contributed by atoms with E-state index in [9.17, 15) is 4.79 Å². The first kappa shape index (κ1) is 21.8. The molecule has 154 valence electrons. The van der Waals surface area contributed by atoms with Gasteiger partial charge >= 0.3 is 0 Å². The average Bonchev–Trinajstić information content (AvgIpc) is 3.49. The molecule has 0 aliphatic rings. The molecule has 4 rings (SSSR count). The largest absolute Gasteiger partial charge is 0.497 e. The number of thioether (sulfide) groups is 1. The summed E-state index contributed by atoms with van der Waals surface area (Å²) < 4.78 is 7.24. The summed E-state index contributed by atoms with van der Waals surface area (Å²) in [5, 5.41) is 13.5. The molecule has 0 atom stereocenters. The Hall–Kier alpha value is -2.90. The Kier molecular flexibility index (Phi) is 7.82. The Morgan fingerprint density at radius 1 is 1.03 bits per heavy atom. The van der Waals surface area contributed by atoms with Crippen LogP contribution in [0.15, 0.2) is 76.6 Å². The van der Waals surface area contributed by atoms with E-state index in [1.807, 2.05) is 89.8 Å². The van der Waals surface area contributed by atoms with Crippen LogP contribution in [0.2, 0.25) is 0 Å². The van der Waals surface area contributed by atoms with Gasteiger partial charge in [-0.3, -0.25) is 9.36 Å². The highest BCUT2D eigenvalue weighted by atomic mass is 32.2. The SMILES string of the molecule is CC.COc1ccc(-n2c(SCC(=O)c3ccccc3)nnc2-c2ccsc2)cc1. The zero-order valence-electron chi connectivity index (χ0n) is 17.1. The molecule has 2 aromatic heterocycles. The van der Waals surface area contributed by atoms with Gasteiger partial charge < -0.3 is 4.74 Å². The third-order valence-corrected chi connectivity index (χ3v) is 5.78. The van der Waals surface area contributed by atoms with Crippen molar-refractivity contribution in [2.45, 2.75) is 19.0 Å². The van der Waals surface area contributed by atoms with Crippen molar-refractivity contribution in [1.29, 1.82) is 0 Å². The number of aromatic nitrogens is 3. The lowest BCUT2D eigenvalue weighted by Gasteiger charge is -2.10. The van der Waals surface area contributed by atoms with Crippen molar-refractivity contribution in [2.75, 3.05) is 12.9 Å². The predicted molar refractivity (Wildman–Crippen MR) is 124 cm³/mol. The normalized spacial score (nSPS) is 10.2. The number of ether oxygens (including phenoxy) is 1. The quantitative estimate of drug-likeness (QED) is 0.262. The zero-order valence-corrected chi connectivity index (χ0v) is 18.7. The molecule has 0 aliphatic heterocycles. The van der Waals surface area contributed by atoms with Crippen LogP contribution in [0.3, 0.4) is 0 Å². The van der Waals surface area contributed by atoms with Gasteiger partial charge in [-0.1, -0.05) is 55.9 Å². The third kappa shape index (κ3) is 4.98. The van der Waals surface area contributed by atoms with Crippen LogP contribution in [0, 0.1) is 0 Å². The number of carbonyl (C=O) groups excluding carboxylic acids is 1. The lowest BCUT2D eigenvalue weighted by molar-refractivity contribution is 0.102. The Morgan fingerprint density at radius 3 is 2.40 bits per heavy atom. The van der Waals surface area contributed by atoms with Crippen LogP contribution in [0.25, 0.3) is 17.1 Å². The van der Waals surface area contributed by atoms with Crippen molar-refractivity contribution < 1.29 is 9.53 Å². The minimum Gasteiger partial charge on any atom is -0.497 e. The Balaban J connectivity index is 0.00000124. The number of benzene rings is 2. The summed E-state index contributed by atoms with van der Waals surface area (Å²) in [4.78, 5) is 12.5. The van der Waals surface area contributed by atoms with Gasteiger partial charge in [0.2, 0.25) is 0 Å². The molecular formula is C23H23N3O2S2. The number of ketones is 1. The van der Waals surface area contributed by atoms with E-state index in [0.717, 1.165) is 22.8 Å². The van der Waals surface area contributed by atoms with Crippen LogP contribution < -0.4 is 4.74 Å². The molecule has 30 heavy (non-hydrogen) atoms. The molecule has 0 spiro atoms. The van der Waals surface area contributed by atoms with Crippen LogP contribution >= 0.6 is 23.1 Å². The number of hydrogen-bond donors (Lipinski definition) is 0. The van der Waals surface area contributed by atoms with Crippen molar-refractivity contribution in [3.8, 4) is 22.8 Å². The smallest absolute Gasteiger partial charge is 0.196 e. The van der Waals surface area contributed by atoms with E-state index >= 15 is 0 Å². The fourth-order valence-corrected chi connectivity index (χ4v) is 4.22. The van der Waals surface area contributed by atoms with E-state index in [2.05, 4.69) is 10.2 Å². The van der Waals surface area contributed by atoms with Crippen LogP contribution in [0.5, 0.6) is 5.75 Å². The standard InChI is InChI=1S/C21H17N3O2S2.C2H6/c1-26-18-9-7-17(8-10-18)24-20(16-11-12-27-13-16)22-23-21(24)28-14-19(25)15-5-3-2-4-6-15;1-2/h2-13H,14H2,1H3;1-2H3. The third-order valence-electron chi connectivity index (χ3n) is 4.17. The Labute approximate surface area is 184 Å². The van der Waals surface area contributed by atoms with Crippen molar-refractivity contribution in [3.05, 3.63) is 77.0 Å². The zero-order chi connectivity index (χ0) is 21.3. The van der Waals surface area contributed by atoms with Crippen molar-refractivity contribution in [2.24, 2.45) is 0 Å². The van der Waals surface area contributed by atoms with E-state index in [4.69, 9.17) is 4.74 Å². The van der Waals surface area contributed by atoms with E-state index in [1.54, 1.807) is 18.4 Å². The number of rotatable bonds is 7. The predicted octanol–water partition coefficient (Wildman–Crippen LogP) is 6.01. The molecule has 0 radical (unpaired) electrons. The molecule has 0 saturated carbocycles. The lowest BCUT2D eigenvalue weighted by atomic mass is 10.2. The average molecular weight is 438 g/mol. The number of carbonyl (C=O) groups is 1. The van der Waals surface area contributed by atoms with E-state index in [0.29, 0.717) is 16.5 Å². The molecule has 2 aromatic carbocycles. The van der Waals surface area contributed by atoms with E-state index in [1.165, 1.54) is 11.8 Å². The van der Waals surface area contributed by atoms with Gasteiger partial charge in [0.05, 0.1) is 12.9 Å². The van der Waals surface area contributed by atoms with Crippen molar-refractivity contribution in [3.63, 3.8) is 0 Å². The number of methoxy groups -OCH3 is 1. The van der Waals surface area contributed by atoms with Gasteiger partial charge in [-0.05, 0) is 35.7 Å². The molecule has 0 bridgehead atoms. The van der Waals surface area contributed by atoms with E-state index < -0.39 is 0 Å². The van der Waals surface area contributed by atoms with Crippen LogP contribution in [0.4, 0.5) is 0 Å². The fraction of sp³-hybridized carbons (Fsp3) is 0.174. The molecule has 0 unspecified atom stereocenters. The number of thiophene rings is 1. The molecule has 0 amide bonds. The second kappa shape index (κ2) is 10.8. The second-order valence-corrected chi connectivity index (χ2v) is 7.65. The molecule has 0 N–H and O–H groups in total. The minimum absolute atomic E-state index is 0.0620. The first-order chi connectivity index (χ1) is 14.8. The Bertz CT molecular complexity index is 1060. The van der Waals surface area contributed by atoms with Crippen LogP contribution in [-0.2, 0) is 0 Å². The molecule has 2 heterocycles. The van der Waals surface area contributed by atoms with Crippen molar-refractivity contribution >= 4 is 28.9 Å². The van der Waals surface area contributed by atoms with Gasteiger partial charge in [0.15, 0.2) is 16.8 Å². The Morgan fingerprint density at radius 2 is 1.77 bits per heavy atom. The number of hydrogen-bond acceptors (Lipinski definition) is 6. The minimum atomic E-state index is 0.0620. The van der Waals surface area contributed by atoms with Crippen LogP contribution in [0.1, 0.15) is 24.2 Å². The molecule has 4 aromatic rings. The summed E-state index contributed by atoms with van der Waals surface area (Å²) in [5.74, 6) is 1.89. The maximum Gasteiger partial charge on any atom is 0.196 e. The van der Waals surface area contributed by atoms with Crippen LogP contribution in [-0.4, -0.2) is 33.4 Å². The maximum absolute atomic E-state index is 12.5. The van der Waals surface area contributed by atoms with Gasteiger partial charge in [0, 0.05) is 22.2 Å². The molecule has 7 heteroatoms. The monoisotopic (exact) mass is 437 g/mol. The number of nitrogens with zero attached hydrogens (tertiary/aromatic N) is 3. The first-order valence-electron chi connectivity index (χ1n) is 9.60. The summed E-state index contributed by atoms with van der Waals surface area (Å²) in [7, 11) is 1.64. The summed E-state index contributed by atoms with van der Waals surface area (Å²) >= 11 is 2.99. The fourth-order valence-electron chi connectivity index (χ4n) is 2.74. The summed E-state index contributed by atoms with van der Waals surface area (Å²) in [5.41, 5.74) is 2.61. The second-order valence-electron chi connectivity index (χ2n) is 5.93. The molecule has 0 aliphatic carbocycles. The summed E-state index contributed by atoms with van der Waals surface area (Å²) in [6.45, 7) is 4.00. The van der Waals surface area contributed by atoms with Gasteiger partial charge in [-0.2, -0.15) is 11.3 Å².